The summed E-state index contributed by atoms with van der Waals surface area (Å²) in [7, 11) is 0. The third-order valence-electron chi connectivity index (χ3n) is 3.03. The third kappa shape index (κ3) is 6.35. The lowest BCUT2D eigenvalue weighted by molar-refractivity contribution is -0.143. The molecule has 1 amide bonds. The predicted molar refractivity (Wildman–Crippen MR) is 93.8 cm³/mol. The minimum atomic E-state index is -0.256. The van der Waals surface area contributed by atoms with Crippen molar-refractivity contribution in [2.75, 3.05) is 18.9 Å². The number of carbonyl (C=O) groups is 2. The van der Waals surface area contributed by atoms with Crippen molar-refractivity contribution < 1.29 is 14.3 Å². The molecular weight excluding hydrogens is 366 g/mol. The van der Waals surface area contributed by atoms with Crippen LogP contribution in [0.2, 0.25) is 5.02 Å². The molecule has 0 saturated heterocycles. The van der Waals surface area contributed by atoms with E-state index in [1.54, 1.807) is 31.2 Å². The normalized spacial score (nSPS) is 10.5. The van der Waals surface area contributed by atoms with Gasteiger partial charge in [-0.1, -0.05) is 23.4 Å². The number of hydrogen-bond acceptors (Lipinski definition) is 7. The molecule has 0 unspecified atom stereocenters. The Morgan fingerprint density at radius 1 is 1.32 bits per heavy atom. The van der Waals surface area contributed by atoms with E-state index < -0.39 is 0 Å². The molecule has 0 aliphatic heterocycles. The van der Waals surface area contributed by atoms with Gasteiger partial charge in [0.25, 0.3) is 0 Å². The first-order chi connectivity index (χ1) is 12.1. The third-order valence-corrected chi connectivity index (χ3v) is 4.20. The summed E-state index contributed by atoms with van der Waals surface area (Å²) in [5.41, 5.74) is 0.756. The molecule has 2 rings (SSSR count). The Morgan fingerprint density at radius 3 is 2.80 bits per heavy atom. The molecular formula is C15H18ClN5O3S. The first kappa shape index (κ1) is 19.2. The maximum Gasteiger partial charge on any atom is 0.305 e. The molecule has 0 fully saturated rings. The van der Waals surface area contributed by atoms with E-state index in [-0.39, 0.29) is 24.1 Å². The van der Waals surface area contributed by atoms with E-state index in [0.717, 1.165) is 5.69 Å². The van der Waals surface area contributed by atoms with Gasteiger partial charge in [0.15, 0.2) is 0 Å². The number of nitrogens with one attached hydrogen (secondary N) is 1. The summed E-state index contributed by atoms with van der Waals surface area (Å²) in [6.07, 6.45) is 0.827. The van der Waals surface area contributed by atoms with Gasteiger partial charge in [0.05, 0.1) is 18.0 Å². The van der Waals surface area contributed by atoms with E-state index in [2.05, 4.69) is 20.8 Å². The Balaban J connectivity index is 1.76. The number of carbonyl (C=O) groups excluding carboxylic acids is 2. The van der Waals surface area contributed by atoms with Gasteiger partial charge in [0.1, 0.15) is 0 Å². The molecule has 1 aromatic carbocycles. The molecule has 25 heavy (non-hydrogen) atoms. The van der Waals surface area contributed by atoms with Crippen LogP contribution in [0, 0.1) is 0 Å². The molecule has 1 N–H and O–H groups in total. The number of amides is 1. The van der Waals surface area contributed by atoms with Gasteiger partial charge in [-0.3, -0.25) is 9.59 Å². The molecule has 8 nitrogen and oxygen atoms in total. The molecule has 0 saturated carbocycles. The van der Waals surface area contributed by atoms with Gasteiger partial charge in [-0.05, 0) is 48.0 Å². The number of rotatable bonds is 9. The molecule has 0 spiro atoms. The van der Waals surface area contributed by atoms with Crippen LogP contribution in [0.25, 0.3) is 5.69 Å². The van der Waals surface area contributed by atoms with Crippen molar-refractivity contribution in [2.45, 2.75) is 24.9 Å². The highest BCUT2D eigenvalue weighted by Crippen LogP contribution is 2.19. The quantitative estimate of drug-likeness (QED) is 0.401. The van der Waals surface area contributed by atoms with Crippen LogP contribution in [0.3, 0.4) is 0 Å². The standard InChI is InChI=1S/C15H18ClN5O3S/c1-2-24-14(23)4-3-9-17-13(22)10-25-15-18-19-20-21(15)12-7-5-11(16)6-8-12/h5-8H,2-4,9-10H2,1H3,(H,17,22). The van der Waals surface area contributed by atoms with Crippen LogP contribution >= 0.6 is 23.4 Å². The van der Waals surface area contributed by atoms with Crippen molar-refractivity contribution >= 4 is 35.2 Å². The molecule has 0 aliphatic carbocycles. The minimum Gasteiger partial charge on any atom is -0.466 e. The maximum absolute atomic E-state index is 11.9. The highest BCUT2D eigenvalue weighted by molar-refractivity contribution is 7.99. The summed E-state index contributed by atoms with van der Waals surface area (Å²) in [5.74, 6) is -0.235. The van der Waals surface area contributed by atoms with Gasteiger partial charge in [-0.15, -0.1) is 5.10 Å². The first-order valence-corrected chi connectivity index (χ1v) is 9.06. The summed E-state index contributed by atoms with van der Waals surface area (Å²) >= 11 is 7.09. The zero-order chi connectivity index (χ0) is 18.1. The highest BCUT2D eigenvalue weighted by Gasteiger charge is 2.11. The van der Waals surface area contributed by atoms with Crippen LogP contribution in [0.5, 0.6) is 0 Å². The van der Waals surface area contributed by atoms with Crippen molar-refractivity contribution in [2.24, 2.45) is 0 Å². The molecule has 0 bridgehead atoms. The predicted octanol–water partition coefficient (Wildman–Crippen LogP) is 1.87. The van der Waals surface area contributed by atoms with Crippen LogP contribution in [0.1, 0.15) is 19.8 Å². The highest BCUT2D eigenvalue weighted by atomic mass is 35.5. The molecule has 1 heterocycles. The van der Waals surface area contributed by atoms with E-state index in [9.17, 15) is 9.59 Å². The molecule has 0 aliphatic rings. The van der Waals surface area contributed by atoms with Crippen molar-refractivity contribution in [3.8, 4) is 5.69 Å². The van der Waals surface area contributed by atoms with E-state index in [1.807, 2.05) is 0 Å². The van der Waals surface area contributed by atoms with Gasteiger partial charge in [-0.25, -0.2) is 0 Å². The number of benzene rings is 1. The van der Waals surface area contributed by atoms with Gasteiger partial charge < -0.3 is 10.1 Å². The van der Waals surface area contributed by atoms with Crippen LogP contribution in [-0.4, -0.2) is 51.0 Å². The second kappa shape index (κ2) is 10.00. The molecule has 10 heteroatoms. The van der Waals surface area contributed by atoms with Crippen LogP contribution in [0.4, 0.5) is 0 Å². The average molecular weight is 384 g/mol. The lowest BCUT2D eigenvalue weighted by Crippen LogP contribution is -2.26. The average Bonchev–Trinajstić information content (AvgIpc) is 3.06. The smallest absolute Gasteiger partial charge is 0.305 e. The van der Waals surface area contributed by atoms with Crippen molar-refractivity contribution in [1.29, 1.82) is 0 Å². The number of hydrogen-bond donors (Lipinski definition) is 1. The van der Waals surface area contributed by atoms with Gasteiger partial charge in [0, 0.05) is 18.0 Å². The van der Waals surface area contributed by atoms with Gasteiger partial charge in [-0.2, -0.15) is 4.68 Å². The number of thioether (sulfide) groups is 1. The van der Waals surface area contributed by atoms with Gasteiger partial charge >= 0.3 is 5.97 Å². The monoisotopic (exact) mass is 383 g/mol. The fourth-order valence-electron chi connectivity index (χ4n) is 1.89. The van der Waals surface area contributed by atoms with Crippen LogP contribution in [0.15, 0.2) is 29.4 Å². The van der Waals surface area contributed by atoms with Crippen molar-refractivity contribution in [3.63, 3.8) is 0 Å². The molecule has 134 valence electrons. The second-order valence-corrected chi connectivity index (χ2v) is 6.28. The zero-order valence-corrected chi connectivity index (χ0v) is 15.2. The summed E-state index contributed by atoms with van der Waals surface area (Å²) < 4.78 is 6.36. The van der Waals surface area contributed by atoms with Crippen LogP contribution < -0.4 is 5.32 Å². The summed E-state index contributed by atoms with van der Waals surface area (Å²) in [4.78, 5) is 23.0. The molecule has 0 atom stereocenters. The van der Waals surface area contributed by atoms with Crippen molar-refractivity contribution in [1.82, 2.24) is 25.5 Å². The SMILES string of the molecule is CCOC(=O)CCCNC(=O)CSc1nnnn1-c1ccc(Cl)cc1. The fraction of sp³-hybridized carbons (Fsp3) is 0.400. The van der Waals surface area contributed by atoms with Crippen molar-refractivity contribution in [3.05, 3.63) is 29.3 Å². The lowest BCUT2D eigenvalue weighted by Gasteiger charge is -2.06. The summed E-state index contributed by atoms with van der Waals surface area (Å²) in [6, 6.07) is 7.06. The first-order valence-electron chi connectivity index (χ1n) is 7.69. The van der Waals surface area contributed by atoms with E-state index in [1.165, 1.54) is 16.4 Å². The van der Waals surface area contributed by atoms with E-state index in [4.69, 9.17) is 16.3 Å². The molecule has 0 radical (unpaired) electrons. The number of aromatic nitrogens is 4. The topological polar surface area (TPSA) is 99.0 Å². The Morgan fingerprint density at radius 2 is 2.08 bits per heavy atom. The Kier molecular flexibility index (Phi) is 7.68. The number of ether oxygens (including phenoxy) is 1. The number of tetrazole rings is 1. The number of halogens is 1. The summed E-state index contributed by atoms with van der Waals surface area (Å²) in [5, 5.41) is 15.3. The fourth-order valence-corrected chi connectivity index (χ4v) is 2.73. The molecule has 2 aromatic rings. The minimum absolute atomic E-state index is 0.153. The zero-order valence-electron chi connectivity index (χ0n) is 13.6. The Hall–Kier alpha value is -2.13. The lowest BCUT2D eigenvalue weighted by atomic mass is 10.3. The summed E-state index contributed by atoms with van der Waals surface area (Å²) in [6.45, 7) is 2.54. The van der Waals surface area contributed by atoms with Crippen LogP contribution in [-0.2, 0) is 14.3 Å². The Bertz CT molecular complexity index is 707. The maximum atomic E-state index is 11.9. The second-order valence-electron chi connectivity index (χ2n) is 4.90. The largest absolute Gasteiger partial charge is 0.466 e. The molecule has 1 aromatic heterocycles. The Labute approximate surface area is 154 Å². The number of nitrogens with zero attached hydrogens (tertiary/aromatic N) is 4. The van der Waals surface area contributed by atoms with E-state index in [0.29, 0.717) is 29.8 Å². The van der Waals surface area contributed by atoms with Gasteiger partial charge in [0.2, 0.25) is 11.1 Å². The van der Waals surface area contributed by atoms with E-state index >= 15 is 0 Å². The number of esters is 1.